The summed E-state index contributed by atoms with van der Waals surface area (Å²) < 4.78 is 0. The number of nitrogens with two attached hydrogens (primary N) is 1. The second-order valence-corrected chi connectivity index (χ2v) is 5.72. The lowest BCUT2D eigenvalue weighted by Gasteiger charge is -2.07. The first-order valence-electron chi connectivity index (χ1n) is 5.68. The first-order chi connectivity index (χ1) is 7.81. The molecule has 0 aliphatic heterocycles. The van der Waals surface area contributed by atoms with Crippen molar-refractivity contribution in [2.75, 3.05) is 0 Å². The first kappa shape index (κ1) is 11.8. The molecule has 86 valence electrons. The van der Waals surface area contributed by atoms with E-state index in [-0.39, 0.29) is 6.04 Å². The Hall–Kier alpha value is -0.640. The van der Waals surface area contributed by atoms with E-state index in [1.54, 1.807) is 22.7 Å². The minimum atomic E-state index is 0.220. The molecule has 2 aromatic heterocycles. The molecule has 0 spiro atoms. The van der Waals surface area contributed by atoms with Crippen LogP contribution in [0.25, 0.3) is 11.1 Å². The van der Waals surface area contributed by atoms with Crippen LogP contribution in [0.5, 0.6) is 0 Å². The predicted octanol–water partition coefficient (Wildman–Crippen LogP) is 4.67. The van der Waals surface area contributed by atoms with Gasteiger partial charge in [-0.15, -0.1) is 11.3 Å². The normalized spacial score (nSPS) is 12.9. The van der Waals surface area contributed by atoms with E-state index in [9.17, 15) is 0 Å². The van der Waals surface area contributed by atoms with Gasteiger partial charge in [0, 0.05) is 10.9 Å². The third kappa shape index (κ3) is 2.73. The summed E-state index contributed by atoms with van der Waals surface area (Å²) in [5, 5.41) is 6.51. The topological polar surface area (TPSA) is 26.0 Å². The van der Waals surface area contributed by atoms with Crippen LogP contribution in [0.1, 0.15) is 37.1 Å². The van der Waals surface area contributed by atoms with E-state index in [4.69, 9.17) is 5.73 Å². The standard InChI is InChI=1S/C13H17NS2/c1-2-3-4-12(14)13-7-11(9-16-13)10-5-6-15-8-10/h5-9,12H,2-4,14H2,1H3/t12-/m0/s1. The molecule has 0 saturated heterocycles. The summed E-state index contributed by atoms with van der Waals surface area (Å²) in [5.74, 6) is 0. The summed E-state index contributed by atoms with van der Waals surface area (Å²) in [7, 11) is 0. The summed E-state index contributed by atoms with van der Waals surface area (Å²) in [4.78, 5) is 1.31. The van der Waals surface area contributed by atoms with Crippen molar-refractivity contribution >= 4 is 22.7 Å². The fourth-order valence-electron chi connectivity index (χ4n) is 1.69. The van der Waals surface area contributed by atoms with Gasteiger partial charge in [0.15, 0.2) is 0 Å². The van der Waals surface area contributed by atoms with Crippen molar-refractivity contribution in [3.63, 3.8) is 0 Å². The fourth-order valence-corrected chi connectivity index (χ4v) is 3.31. The molecule has 0 fully saturated rings. The molecule has 1 nitrogen and oxygen atoms in total. The third-order valence-corrected chi connectivity index (χ3v) is 4.46. The zero-order valence-corrected chi connectivity index (χ0v) is 11.1. The highest BCUT2D eigenvalue weighted by Gasteiger charge is 2.09. The SMILES string of the molecule is CCCC[C@H](N)c1cc(-c2ccsc2)cs1. The molecule has 16 heavy (non-hydrogen) atoms. The summed E-state index contributed by atoms with van der Waals surface area (Å²) in [6.45, 7) is 2.21. The molecule has 2 heterocycles. The quantitative estimate of drug-likeness (QED) is 0.821. The Balaban J connectivity index is 2.07. The van der Waals surface area contributed by atoms with Crippen LogP contribution < -0.4 is 5.73 Å². The molecule has 0 aromatic carbocycles. The third-order valence-electron chi connectivity index (χ3n) is 2.71. The fraction of sp³-hybridized carbons (Fsp3) is 0.385. The van der Waals surface area contributed by atoms with Crippen molar-refractivity contribution in [1.82, 2.24) is 0 Å². The lowest BCUT2D eigenvalue weighted by Crippen LogP contribution is -2.07. The maximum atomic E-state index is 6.16. The van der Waals surface area contributed by atoms with Gasteiger partial charge in [0.2, 0.25) is 0 Å². The Morgan fingerprint density at radius 3 is 2.88 bits per heavy atom. The lowest BCUT2D eigenvalue weighted by molar-refractivity contribution is 0.611. The molecule has 0 radical (unpaired) electrons. The van der Waals surface area contributed by atoms with Gasteiger partial charge >= 0.3 is 0 Å². The maximum absolute atomic E-state index is 6.16. The monoisotopic (exact) mass is 251 g/mol. The molecule has 0 amide bonds. The van der Waals surface area contributed by atoms with Gasteiger partial charge in [-0.05, 0) is 45.8 Å². The summed E-state index contributed by atoms with van der Waals surface area (Å²) in [6, 6.07) is 4.62. The average Bonchev–Trinajstić information content (AvgIpc) is 2.94. The van der Waals surface area contributed by atoms with Gasteiger partial charge in [-0.2, -0.15) is 11.3 Å². The first-order valence-corrected chi connectivity index (χ1v) is 7.50. The molecule has 2 N–H and O–H groups in total. The van der Waals surface area contributed by atoms with Crippen molar-refractivity contribution in [2.24, 2.45) is 5.73 Å². The Labute approximate surface area is 105 Å². The van der Waals surface area contributed by atoms with Crippen LogP contribution in [0.15, 0.2) is 28.3 Å². The molecule has 2 rings (SSSR count). The zero-order chi connectivity index (χ0) is 11.4. The largest absolute Gasteiger partial charge is 0.323 e. The predicted molar refractivity (Wildman–Crippen MR) is 74.1 cm³/mol. The number of unbranched alkanes of at least 4 members (excludes halogenated alkanes) is 1. The van der Waals surface area contributed by atoms with E-state index in [0.29, 0.717) is 0 Å². The van der Waals surface area contributed by atoms with Crippen LogP contribution in [-0.4, -0.2) is 0 Å². The lowest BCUT2D eigenvalue weighted by atomic mass is 10.1. The zero-order valence-electron chi connectivity index (χ0n) is 9.48. The van der Waals surface area contributed by atoms with Crippen LogP contribution in [0, 0.1) is 0 Å². The molecule has 0 unspecified atom stereocenters. The molecular formula is C13H17NS2. The van der Waals surface area contributed by atoms with Crippen molar-refractivity contribution in [1.29, 1.82) is 0 Å². The molecule has 0 aliphatic carbocycles. The Morgan fingerprint density at radius 2 is 2.19 bits per heavy atom. The molecule has 0 bridgehead atoms. The van der Waals surface area contributed by atoms with Gasteiger partial charge in [0.05, 0.1) is 0 Å². The summed E-state index contributed by atoms with van der Waals surface area (Å²) >= 11 is 3.53. The molecule has 3 heteroatoms. The number of hydrogen-bond acceptors (Lipinski definition) is 3. The maximum Gasteiger partial charge on any atom is 0.0389 e. The number of thiophene rings is 2. The Kier molecular flexibility index (Phi) is 4.16. The van der Waals surface area contributed by atoms with Gasteiger partial charge in [0.1, 0.15) is 0 Å². The van der Waals surface area contributed by atoms with E-state index < -0.39 is 0 Å². The average molecular weight is 251 g/mol. The summed E-state index contributed by atoms with van der Waals surface area (Å²) in [6.07, 6.45) is 3.53. The van der Waals surface area contributed by atoms with Crippen LogP contribution in [0.2, 0.25) is 0 Å². The Morgan fingerprint density at radius 1 is 1.31 bits per heavy atom. The van der Waals surface area contributed by atoms with Gasteiger partial charge in [-0.25, -0.2) is 0 Å². The smallest absolute Gasteiger partial charge is 0.0389 e. The highest BCUT2D eigenvalue weighted by atomic mass is 32.1. The highest BCUT2D eigenvalue weighted by molar-refractivity contribution is 7.10. The van der Waals surface area contributed by atoms with Crippen molar-refractivity contribution in [3.8, 4) is 11.1 Å². The van der Waals surface area contributed by atoms with Gasteiger partial charge < -0.3 is 5.73 Å². The molecule has 1 atom stereocenters. The van der Waals surface area contributed by atoms with Gasteiger partial charge in [-0.1, -0.05) is 19.8 Å². The van der Waals surface area contributed by atoms with E-state index in [1.165, 1.54) is 28.8 Å². The second-order valence-electron chi connectivity index (χ2n) is 4.00. The Bertz CT molecular complexity index is 417. The number of rotatable bonds is 5. The van der Waals surface area contributed by atoms with E-state index >= 15 is 0 Å². The minimum absolute atomic E-state index is 0.220. The summed E-state index contributed by atoms with van der Waals surface area (Å²) in [5.41, 5.74) is 8.79. The molecule has 0 aliphatic rings. The molecule has 0 saturated carbocycles. The van der Waals surface area contributed by atoms with Crippen LogP contribution in [0.3, 0.4) is 0 Å². The van der Waals surface area contributed by atoms with E-state index in [1.807, 2.05) is 0 Å². The van der Waals surface area contributed by atoms with Crippen LogP contribution >= 0.6 is 22.7 Å². The van der Waals surface area contributed by atoms with E-state index in [2.05, 4.69) is 35.2 Å². The van der Waals surface area contributed by atoms with Crippen molar-refractivity contribution in [2.45, 2.75) is 32.2 Å². The molecular weight excluding hydrogens is 234 g/mol. The van der Waals surface area contributed by atoms with Crippen LogP contribution in [0.4, 0.5) is 0 Å². The van der Waals surface area contributed by atoms with Crippen molar-refractivity contribution < 1.29 is 0 Å². The van der Waals surface area contributed by atoms with Crippen molar-refractivity contribution in [3.05, 3.63) is 33.2 Å². The van der Waals surface area contributed by atoms with Gasteiger partial charge in [0.25, 0.3) is 0 Å². The number of hydrogen-bond donors (Lipinski definition) is 1. The molecule has 2 aromatic rings. The van der Waals surface area contributed by atoms with Gasteiger partial charge in [-0.3, -0.25) is 0 Å². The second kappa shape index (κ2) is 5.62. The van der Waals surface area contributed by atoms with Crippen LogP contribution in [-0.2, 0) is 0 Å². The minimum Gasteiger partial charge on any atom is -0.323 e. The van der Waals surface area contributed by atoms with E-state index in [0.717, 1.165) is 6.42 Å². The highest BCUT2D eigenvalue weighted by Crippen LogP contribution is 2.31.